The molecule has 0 atom stereocenters. The fourth-order valence-electron chi connectivity index (χ4n) is 2.95. The third kappa shape index (κ3) is 6.95. The molecule has 0 radical (unpaired) electrons. The Kier molecular flexibility index (Phi) is 9.25. The summed E-state index contributed by atoms with van der Waals surface area (Å²) in [5.41, 5.74) is 5.10. The maximum absolute atomic E-state index is 5.85. The molecule has 5 heteroatoms. The molecule has 0 aliphatic carbocycles. The van der Waals surface area contributed by atoms with Gasteiger partial charge in [0.15, 0.2) is 6.79 Å². The monoisotopic (exact) mass is 397 g/mol. The normalized spacial score (nSPS) is 11.7. The molecule has 0 aliphatic rings. The minimum atomic E-state index is 0.188. The number of allylic oxidation sites excluding steroid dienone is 1. The second kappa shape index (κ2) is 11.9. The van der Waals surface area contributed by atoms with Gasteiger partial charge in [0.2, 0.25) is 0 Å². The van der Waals surface area contributed by atoms with Crippen LogP contribution < -0.4 is 9.47 Å². The van der Waals surface area contributed by atoms with Gasteiger partial charge in [-0.3, -0.25) is 0 Å². The second-order valence-electron chi connectivity index (χ2n) is 6.65. The van der Waals surface area contributed by atoms with E-state index in [0.29, 0.717) is 13.2 Å². The summed E-state index contributed by atoms with van der Waals surface area (Å²) in [6.45, 7) is 9.28. The van der Waals surface area contributed by atoms with Crippen molar-refractivity contribution in [3.8, 4) is 11.5 Å². The van der Waals surface area contributed by atoms with E-state index in [4.69, 9.17) is 19.0 Å². The van der Waals surface area contributed by atoms with Crippen LogP contribution in [0.2, 0.25) is 0 Å². The predicted molar refractivity (Wildman–Crippen MR) is 117 cm³/mol. The molecule has 0 amide bonds. The molecule has 0 bridgehead atoms. The topological polar surface area (TPSA) is 49.3 Å². The Morgan fingerprint density at radius 1 is 1.03 bits per heavy atom. The summed E-state index contributed by atoms with van der Waals surface area (Å²) in [4.78, 5) is 4.89. The zero-order valence-corrected chi connectivity index (χ0v) is 18.0. The molecule has 0 saturated carbocycles. The smallest absolute Gasteiger partial charge is 0.189 e. The summed E-state index contributed by atoms with van der Waals surface area (Å²) < 4.78 is 17.3. The van der Waals surface area contributed by atoms with E-state index >= 15 is 0 Å². The second-order valence-corrected chi connectivity index (χ2v) is 6.65. The number of aryl methyl sites for hydroxylation is 2. The van der Waals surface area contributed by atoms with Crippen LogP contribution in [-0.4, -0.2) is 26.2 Å². The van der Waals surface area contributed by atoms with Crippen molar-refractivity contribution in [2.24, 2.45) is 5.16 Å². The highest BCUT2D eigenvalue weighted by atomic mass is 16.7. The molecule has 0 unspecified atom stereocenters. The molecule has 156 valence electrons. The lowest BCUT2D eigenvalue weighted by atomic mass is 10.1. The van der Waals surface area contributed by atoms with Crippen molar-refractivity contribution in [2.75, 3.05) is 20.5 Å². The molecule has 0 fully saturated rings. The Morgan fingerprint density at radius 2 is 1.72 bits per heavy atom. The third-order valence-corrected chi connectivity index (χ3v) is 4.39. The molecule has 0 spiro atoms. The molecular formula is C24H31NO4. The lowest BCUT2D eigenvalue weighted by molar-refractivity contribution is 0.00428. The number of rotatable bonds is 11. The van der Waals surface area contributed by atoms with Crippen LogP contribution in [0.3, 0.4) is 0 Å². The first kappa shape index (κ1) is 22.5. The van der Waals surface area contributed by atoms with Crippen molar-refractivity contribution in [1.82, 2.24) is 0 Å². The molecule has 2 aromatic carbocycles. The number of ether oxygens (including phenoxy) is 3. The minimum absolute atomic E-state index is 0.188. The van der Waals surface area contributed by atoms with Crippen LogP contribution in [0.4, 0.5) is 0 Å². The minimum Gasteiger partial charge on any atom is -0.490 e. The van der Waals surface area contributed by atoms with Crippen molar-refractivity contribution in [3.63, 3.8) is 0 Å². The predicted octanol–water partition coefficient (Wildman–Crippen LogP) is 5.57. The van der Waals surface area contributed by atoms with Crippen molar-refractivity contribution < 1.29 is 19.0 Å². The van der Waals surface area contributed by atoms with Gasteiger partial charge in [0.25, 0.3) is 0 Å². The lowest BCUT2D eigenvalue weighted by Crippen LogP contribution is -2.06. The average Bonchev–Trinajstić information content (AvgIpc) is 2.71. The standard InChI is InChI=1S/C24H31NO4/c1-6-8-13-28-22-14-18(3)24(19(4)15-22)29-17-27-16-20-9-11-21(12-10-20)23(7-2)25-26-5/h6,8-12,14-15H,7,13,16-17H2,1-5H3/b8-6+,25-23?. The molecule has 2 rings (SSSR count). The van der Waals surface area contributed by atoms with Gasteiger partial charge in [-0.05, 0) is 61.6 Å². The van der Waals surface area contributed by atoms with Crippen LogP contribution in [-0.2, 0) is 16.2 Å². The molecule has 0 N–H and O–H groups in total. The van der Waals surface area contributed by atoms with Gasteiger partial charge in [0.05, 0.1) is 12.3 Å². The Hall–Kier alpha value is -2.79. The van der Waals surface area contributed by atoms with Gasteiger partial charge in [-0.2, -0.15) is 0 Å². The number of benzene rings is 2. The van der Waals surface area contributed by atoms with Crippen LogP contribution in [0.25, 0.3) is 0 Å². The van der Waals surface area contributed by atoms with Crippen LogP contribution in [0.5, 0.6) is 11.5 Å². The zero-order chi connectivity index (χ0) is 21.1. The van der Waals surface area contributed by atoms with Crippen molar-refractivity contribution >= 4 is 5.71 Å². The van der Waals surface area contributed by atoms with Crippen LogP contribution in [0, 0.1) is 13.8 Å². The van der Waals surface area contributed by atoms with Crippen LogP contribution in [0.1, 0.15) is 42.5 Å². The van der Waals surface area contributed by atoms with Gasteiger partial charge >= 0.3 is 0 Å². The van der Waals surface area contributed by atoms with Crippen molar-refractivity contribution in [3.05, 3.63) is 70.8 Å². The summed E-state index contributed by atoms with van der Waals surface area (Å²) in [6.07, 6.45) is 4.76. The quantitative estimate of drug-likeness (QED) is 0.163. The molecular weight excluding hydrogens is 366 g/mol. The molecule has 0 saturated heterocycles. The number of hydrogen-bond donors (Lipinski definition) is 0. The van der Waals surface area contributed by atoms with Gasteiger partial charge in [0.1, 0.15) is 25.2 Å². The van der Waals surface area contributed by atoms with E-state index in [1.165, 1.54) is 0 Å². The summed E-state index contributed by atoms with van der Waals surface area (Å²) in [7, 11) is 1.56. The van der Waals surface area contributed by atoms with Crippen molar-refractivity contribution in [2.45, 2.75) is 40.7 Å². The summed E-state index contributed by atoms with van der Waals surface area (Å²) in [5, 5.41) is 4.05. The van der Waals surface area contributed by atoms with Crippen LogP contribution in [0.15, 0.2) is 53.7 Å². The zero-order valence-electron chi connectivity index (χ0n) is 18.0. The highest BCUT2D eigenvalue weighted by Crippen LogP contribution is 2.28. The highest BCUT2D eigenvalue weighted by Gasteiger charge is 2.08. The maximum Gasteiger partial charge on any atom is 0.189 e. The fourth-order valence-corrected chi connectivity index (χ4v) is 2.95. The largest absolute Gasteiger partial charge is 0.490 e. The van der Waals surface area contributed by atoms with Gasteiger partial charge in [0, 0.05) is 0 Å². The first-order chi connectivity index (χ1) is 14.1. The number of hydrogen-bond acceptors (Lipinski definition) is 5. The van der Waals surface area contributed by atoms with Gasteiger partial charge < -0.3 is 19.0 Å². The molecule has 2 aromatic rings. The fraction of sp³-hybridized carbons (Fsp3) is 0.375. The SMILES string of the molecule is C/C=C/COc1cc(C)c(OCOCc2ccc(C(CC)=NOC)cc2)c(C)c1. The average molecular weight is 398 g/mol. The van der Waals surface area contributed by atoms with E-state index < -0.39 is 0 Å². The van der Waals surface area contributed by atoms with Gasteiger partial charge in [-0.1, -0.05) is 48.5 Å². The Balaban J connectivity index is 1.86. The van der Waals surface area contributed by atoms with E-state index in [1.54, 1.807) is 7.11 Å². The summed E-state index contributed by atoms with van der Waals surface area (Å²) in [6, 6.07) is 12.1. The molecule has 29 heavy (non-hydrogen) atoms. The van der Waals surface area contributed by atoms with Crippen molar-refractivity contribution in [1.29, 1.82) is 0 Å². The van der Waals surface area contributed by atoms with Crippen LogP contribution >= 0.6 is 0 Å². The Labute approximate surface area is 173 Å². The van der Waals surface area contributed by atoms with E-state index in [0.717, 1.165) is 45.9 Å². The Morgan fingerprint density at radius 3 is 2.31 bits per heavy atom. The number of nitrogens with zero attached hydrogens (tertiary/aromatic N) is 1. The molecule has 0 aromatic heterocycles. The maximum atomic E-state index is 5.85. The van der Waals surface area contributed by atoms with E-state index in [2.05, 4.69) is 12.1 Å². The third-order valence-electron chi connectivity index (χ3n) is 4.39. The first-order valence-corrected chi connectivity index (χ1v) is 9.84. The molecule has 0 aliphatic heterocycles. The van der Waals surface area contributed by atoms with E-state index in [9.17, 15) is 0 Å². The van der Waals surface area contributed by atoms with Gasteiger partial charge in [-0.25, -0.2) is 0 Å². The van der Waals surface area contributed by atoms with Gasteiger partial charge in [-0.15, -0.1) is 0 Å². The first-order valence-electron chi connectivity index (χ1n) is 9.84. The lowest BCUT2D eigenvalue weighted by Gasteiger charge is -2.14. The summed E-state index contributed by atoms with van der Waals surface area (Å²) >= 11 is 0. The molecule has 5 nitrogen and oxygen atoms in total. The molecule has 0 heterocycles. The Bertz CT molecular complexity index is 802. The highest BCUT2D eigenvalue weighted by molar-refractivity contribution is 6.00. The number of oxime groups is 1. The van der Waals surface area contributed by atoms with E-state index in [1.807, 2.05) is 69.3 Å². The summed E-state index contributed by atoms with van der Waals surface area (Å²) in [5.74, 6) is 1.68. The van der Waals surface area contributed by atoms with E-state index in [-0.39, 0.29) is 6.79 Å².